The molecule has 1 aromatic carbocycles. The Balaban J connectivity index is 1.77. The molecular formula is C21H26FN3. The quantitative estimate of drug-likeness (QED) is 0.774. The SMILES string of the molecule is CN1CCN(c2cc(-c3ccc(F)cc3)nc3c2CCCCC3)CC1. The predicted octanol–water partition coefficient (Wildman–Crippen LogP) is 3.91. The number of aromatic nitrogens is 1. The third-order valence-corrected chi connectivity index (χ3v) is 5.51. The third kappa shape index (κ3) is 3.54. The van der Waals surface area contributed by atoms with E-state index in [0.29, 0.717) is 0 Å². The number of nitrogens with zero attached hydrogens (tertiary/aromatic N) is 3. The molecular weight excluding hydrogens is 313 g/mol. The van der Waals surface area contributed by atoms with Crippen molar-refractivity contribution in [1.82, 2.24) is 9.88 Å². The van der Waals surface area contributed by atoms with Gasteiger partial charge in [0.15, 0.2) is 0 Å². The molecule has 132 valence electrons. The van der Waals surface area contributed by atoms with Crippen LogP contribution in [0.25, 0.3) is 11.3 Å². The van der Waals surface area contributed by atoms with Gasteiger partial charge in [-0.05, 0) is 68.6 Å². The number of fused-ring (bicyclic) bond motifs is 1. The molecule has 4 rings (SSSR count). The van der Waals surface area contributed by atoms with E-state index in [1.165, 1.54) is 48.3 Å². The van der Waals surface area contributed by atoms with Crippen LogP contribution in [0.2, 0.25) is 0 Å². The summed E-state index contributed by atoms with van der Waals surface area (Å²) in [6.07, 6.45) is 5.95. The number of rotatable bonds is 2. The fourth-order valence-corrected chi connectivity index (χ4v) is 3.96. The Hall–Kier alpha value is -1.94. The summed E-state index contributed by atoms with van der Waals surface area (Å²) in [5.41, 5.74) is 6.05. The molecule has 0 atom stereocenters. The topological polar surface area (TPSA) is 19.4 Å². The van der Waals surface area contributed by atoms with Gasteiger partial charge in [-0.25, -0.2) is 4.39 Å². The van der Waals surface area contributed by atoms with E-state index in [1.807, 2.05) is 12.1 Å². The second-order valence-electron chi connectivity index (χ2n) is 7.31. The average molecular weight is 339 g/mol. The number of benzene rings is 1. The van der Waals surface area contributed by atoms with Crippen molar-refractivity contribution in [2.75, 3.05) is 38.1 Å². The van der Waals surface area contributed by atoms with Crippen molar-refractivity contribution < 1.29 is 4.39 Å². The average Bonchev–Trinajstić information content (AvgIpc) is 2.88. The first kappa shape index (κ1) is 16.5. The van der Waals surface area contributed by atoms with Gasteiger partial charge in [0, 0.05) is 43.1 Å². The normalized spacial score (nSPS) is 18.7. The number of pyridine rings is 1. The van der Waals surface area contributed by atoms with Crippen LogP contribution in [0.15, 0.2) is 30.3 Å². The molecule has 2 aromatic rings. The molecule has 3 nitrogen and oxygen atoms in total. The van der Waals surface area contributed by atoms with Gasteiger partial charge in [0.1, 0.15) is 5.82 Å². The highest BCUT2D eigenvalue weighted by molar-refractivity contribution is 5.68. The molecule has 1 aliphatic heterocycles. The first-order valence-corrected chi connectivity index (χ1v) is 9.43. The van der Waals surface area contributed by atoms with Gasteiger partial charge in [0.2, 0.25) is 0 Å². The molecule has 0 spiro atoms. The number of anilines is 1. The van der Waals surface area contributed by atoms with Crippen molar-refractivity contribution in [3.63, 3.8) is 0 Å². The van der Waals surface area contributed by atoms with Crippen LogP contribution in [0, 0.1) is 5.82 Å². The monoisotopic (exact) mass is 339 g/mol. The number of aryl methyl sites for hydroxylation is 1. The van der Waals surface area contributed by atoms with Crippen molar-refractivity contribution in [3.8, 4) is 11.3 Å². The number of hydrogen-bond acceptors (Lipinski definition) is 3. The second-order valence-corrected chi connectivity index (χ2v) is 7.31. The third-order valence-electron chi connectivity index (χ3n) is 5.51. The maximum atomic E-state index is 13.3. The Morgan fingerprint density at radius 2 is 1.64 bits per heavy atom. The lowest BCUT2D eigenvalue weighted by molar-refractivity contribution is 0.312. The Bertz CT molecular complexity index is 734. The van der Waals surface area contributed by atoms with E-state index in [9.17, 15) is 4.39 Å². The van der Waals surface area contributed by atoms with Gasteiger partial charge in [0.25, 0.3) is 0 Å². The summed E-state index contributed by atoms with van der Waals surface area (Å²) >= 11 is 0. The summed E-state index contributed by atoms with van der Waals surface area (Å²) < 4.78 is 13.3. The molecule has 1 aliphatic carbocycles. The molecule has 0 radical (unpaired) electrons. The number of hydrogen-bond donors (Lipinski definition) is 0. The number of halogens is 1. The van der Waals surface area contributed by atoms with Gasteiger partial charge in [-0.2, -0.15) is 0 Å². The summed E-state index contributed by atoms with van der Waals surface area (Å²) in [5.74, 6) is -0.196. The highest BCUT2D eigenvalue weighted by Gasteiger charge is 2.22. The van der Waals surface area contributed by atoms with Gasteiger partial charge < -0.3 is 9.80 Å². The van der Waals surface area contributed by atoms with Crippen LogP contribution in [0.3, 0.4) is 0 Å². The minimum Gasteiger partial charge on any atom is -0.369 e. The summed E-state index contributed by atoms with van der Waals surface area (Å²) in [5, 5.41) is 0. The van der Waals surface area contributed by atoms with Crippen LogP contribution in [0.5, 0.6) is 0 Å². The van der Waals surface area contributed by atoms with Crippen molar-refractivity contribution >= 4 is 5.69 Å². The van der Waals surface area contributed by atoms with Crippen LogP contribution in [-0.2, 0) is 12.8 Å². The Morgan fingerprint density at radius 3 is 2.40 bits per heavy atom. The van der Waals surface area contributed by atoms with Crippen molar-refractivity contribution in [3.05, 3.63) is 47.4 Å². The molecule has 1 fully saturated rings. The minimum absolute atomic E-state index is 0.196. The molecule has 0 saturated carbocycles. The van der Waals surface area contributed by atoms with Crippen LogP contribution in [0.4, 0.5) is 10.1 Å². The van der Waals surface area contributed by atoms with Crippen molar-refractivity contribution in [2.45, 2.75) is 32.1 Å². The Morgan fingerprint density at radius 1 is 0.920 bits per heavy atom. The maximum Gasteiger partial charge on any atom is 0.123 e. The van der Waals surface area contributed by atoms with Crippen molar-refractivity contribution in [1.29, 1.82) is 0 Å². The van der Waals surface area contributed by atoms with Crippen LogP contribution >= 0.6 is 0 Å². The zero-order valence-electron chi connectivity index (χ0n) is 15.0. The molecule has 0 N–H and O–H groups in total. The molecule has 1 saturated heterocycles. The molecule has 1 aromatic heterocycles. The molecule has 4 heteroatoms. The van der Waals surface area contributed by atoms with Crippen LogP contribution in [0.1, 0.15) is 30.5 Å². The Labute approximate surface area is 149 Å². The molecule has 2 heterocycles. The van der Waals surface area contributed by atoms with Gasteiger partial charge in [-0.1, -0.05) is 6.42 Å². The lowest BCUT2D eigenvalue weighted by Gasteiger charge is -2.35. The summed E-state index contributed by atoms with van der Waals surface area (Å²) in [7, 11) is 2.19. The second kappa shape index (κ2) is 7.12. The van der Waals surface area contributed by atoms with E-state index < -0.39 is 0 Å². The van der Waals surface area contributed by atoms with Gasteiger partial charge >= 0.3 is 0 Å². The van der Waals surface area contributed by atoms with E-state index in [4.69, 9.17) is 4.98 Å². The molecule has 0 bridgehead atoms. The zero-order chi connectivity index (χ0) is 17.2. The summed E-state index contributed by atoms with van der Waals surface area (Å²) in [6.45, 7) is 4.33. The van der Waals surface area contributed by atoms with E-state index >= 15 is 0 Å². The number of piperazine rings is 1. The first-order chi connectivity index (χ1) is 12.2. The van der Waals surface area contributed by atoms with Crippen LogP contribution in [-0.4, -0.2) is 43.1 Å². The van der Waals surface area contributed by atoms with Crippen LogP contribution < -0.4 is 4.90 Å². The fourth-order valence-electron chi connectivity index (χ4n) is 3.96. The minimum atomic E-state index is -0.196. The number of likely N-dealkylation sites (N-methyl/N-ethyl adjacent to an activating group) is 1. The largest absolute Gasteiger partial charge is 0.369 e. The van der Waals surface area contributed by atoms with E-state index in [1.54, 1.807) is 0 Å². The lowest BCUT2D eigenvalue weighted by atomic mass is 10.0. The smallest absolute Gasteiger partial charge is 0.123 e. The zero-order valence-corrected chi connectivity index (χ0v) is 15.0. The highest BCUT2D eigenvalue weighted by atomic mass is 19.1. The lowest BCUT2D eigenvalue weighted by Crippen LogP contribution is -2.45. The maximum absolute atomic E-state index is 13.3. The molecule has 0 amide bonds. The summed E-state index contributed by atoms with van der Waals surface area (Å²) in [6, 6.07) is 8.97. The van der Waals surface area contributed by atoms with E-state index in [2.05, 4.69) is 22.9 Å². The standard InChI is InChI=1S/C21H26FN3/c1-24-11-13-25(14-12-24)21-15-20(16-7-9-17(22)10-8-16)23-19-6-4-2-3-5-18(19)21/h7-10,15H,2-6,11-14H2,1H3. The van der Waals surface area contributed by atoms with Gasteiger partial charge in [-0.15, -0.1) is 0 Å². The van der Waals surface area contributed by atoms with Gasteiger partial charge in [-0.3, -0.25) is 4.98 Å². The molecule has 2 aliphatic rings. The fraction of sp³-hybridized carbons (Fsp3) is 0.476. The van der Waals surface area contributed by atoms with E-state index in [-0.39, 0.29) is 5.82 Å². The first-order valence-electron chi connectivity index (χ1n) is 9.43. The van der Waals surface area contributed by atoms with Gasteiger partial charge in [0.05, 0.1) is 5.69 Å². The molecule has 25 heavy (non-hydrogen) atoms. The van der Waals surface area contributed by atoms with E-state index in [0.717, 1.165) is 50.3 Å². The highest BCUT2D eigenvalue weighted by Crippen LogP contribution is 2.33. The van der Waals surface area contributed by atoms with Crippen molar-refractivity contribution in [2.24, 2.45) is 0 Å². The Kier molecular flexibility index (Phi) is 4.71. The predicted molar refractivity (Wildman–Crippen MR) is 101 cm³/mol. The summed E-state index contributed by atoms with van der Waals surface area (Å²) in [4.78, 5) is 9.90. The molecule has 0 unspecified atom stereocenters.